The van der Waals surface area contributed by atoms with Crippen molar-refractivity contribution in [2.45, 2.75) is 0 Å². The zero-order valence-electron chi connectivity index (χ0n) is 5.09. The Morgan fingerprint density at radius 1 is 1.62 bits per heavy atom. The summed E-state index contributed by atoms with van der Waals surface area (Å²) in [5.41, 5.74) is 0. The maximum atomic E-state index is 9.45. The molecule has 0 rings (SSSR count). The van der Waals surface area contributed by atoms with Gasteiger partial charge in [-0.05, 0) is 0 Å². The van der Waals surface area contributed by atoms with Crippen LogP contribution in [0.5, 0.6) is 0 Å². The molecule has 0 radical (unpaired) electrons. The summed E-state index contributed by atoms with van der Waals surface area (Å²) in [6.45, 7) is 0. The first kappa shape index (κ1) is 16.3. The van der Waals surface area contributed by atoms with Crippen molar-refractivity contribution in [3.05, 3.63) is 0 Å². The first-order valence-electron chi connectivity index (χ1n) is 1.00. The zero-order chi connectivity index (χ0) is 5.21. The molecule has 8 heteroatoms. The van der Waals surface area contributed by atoms with Gasteiger partial charge in [-0.15, -0.1) is 0 Å². The average Bonchev–Trinajstić information content (AvgIpc) is 1.35. The van der Waals surface area contributed by atoms with Crippen LogP contribution < -0.4 is 18.9 Å². The summed E-state index contributed by atoms with van der Waals surface area (Å²) in [4.78, 5) is 15.4. The van der Waals surface area contributed by atoms with Crippen LogP contribution in [-0.2, 0) is 25.9 Å². The smallest absolute Gasteiger partial charge is 1.00 e. The van der Waals surface area contributed by atoms with Crippen molar-refractivity contribution in [3.63, 3.8) is 0 Å². The summed E-state index contributed by atoms with van der Waals surface area (Å²) in [5.74, 6) is 0. The summed E-state index contributed by atoms with van der Waals surface area (Å²) in [5, 5.41) is 0. The van der Waals surface area contributed by atoms with Gasteiger partial charge in [-0.25, -0.2) is 4.57 Å². The maximum Gasteiger partial charge on any atom is 1.00 e. The van der Waals surface area contributed by atoms with Crippen LogP contribution in [-0.4, -0.2) is 9.79 Å². The quantitative estimate of drug-likeness (QED) is 0.344. The molecule has 8 heavy (non-hydrogen) atoms. The second kappa shape index (κ2) is 6.77. The Balaban J connectivity index is -0.0000000417. The van der Waals surface area contributed by atoms with Crippen molar-refractivity contribution in [3.8, 4) is 0 Å². The maximum absolute atomic E-state index is 9.45. The molecule has 0 aromatic carbocycles. The van der Waals surface area contributed by atoms with Gasteiger partial charge in [-0.3, -0.25) is 4.31 Å². The van der Waals surface area contributed by atoms with Gasteiger partial charge in [-0.1, -0.05) is 0 Å². The van der Waals surface area contributed by atoms with Gasteiger partial charge in [0, 0.05) is 26.5 Å². The van der Waals surface area contributed by atoms with Gasteiger partial charge in [0.25, 0.3) is 0 Å². The summed E-state index contributed by atoms with van der Waals surface area (Å²) in [6, 6.07) is 0. The minimum absolute atomic E-state index is 0. The molecule has 2 N–H and O–H groups in total. The molecule has 0 saturated heterocycles. The van der Waals surface area contributed by atoms with Crippen molar-refractivity contribution in [2.24, 2.45) is 0 Å². The first-order valence-corrected chi connectivity index (χ1v) is 3.00. The Morgan fingerprint density at radius 2 is 1.75 bits per heavy atom. The molecule has 1 atom stereocenters. The molecule has 0 aliphatic rings. The van der Waals surface area contributed by atoms with Gasteiger partial charge in [-0.2, -0.15) is 0 Å². The molecule has 0 heterocycles. The van der Waals surface area contributed by atoms with Crippen molar-refractivity contribution in [2.75, 3.05) is 0 Å². The number of hydrogen-bond donors (Lipinski definition) is 2. The first-order chi connectivity index (χ1) is 2.56. The van der Waals surface area contributed by atoms with Gasteiger partial charge in [0.05, 0.1) is 0 Å². The molecule has 0 saturated carbocycles. The summed E-state index contributed by atoms with van der Waals surface area (Å²) in [6.07, 6.45) is 0. The Morgan fingerprint density at radius 3 is 1.75 bits per heavy atom. The molecule has 0 spiro atoms. The van der Waals surface area contributed by atoms with E-state index in [1.165, 1.54) is 9.47 Å². The van der Waals surface area contributed by atoms with Crippen LogP contribution in [0.3, 0.4) is 0 Å². The minimum atomic E-state index is -4.18. The van der Waals surface area contributed by atoms with E-state index in [1.54, 1.807) is 0 Å². The van der Waals surface area contributed by atoms with Gasteiger partial charge in [0.2, 0.25) is 0 Å². The molecule has 0 aliphatic heterocycles. The molecule has 0 amide bonds. The molecule has 0 aromatic heterocycles. The fourth-order valence-electron chi connectivity index (χ4n) is 0. The van der Waals surface area contributed by atoms with E-state index < -0.39 is 7.82 Å². The third-order valence-electron chi connectivity index (χ3n) is 0.137. The van der Waals surface area contributed by atoms with Crippen LogP contribution in [0.1, 0.15) is 1.43 Å². The minimum Gasteiger partial charge on any atom is -1.00 e. The SMILES string of the molecule is O=P(O)(O)OP.[Fe].[H-].[Li+]. The van der Waals surface area contributed by atoms with Gasteiger partial charge in [0.15, 0.2) is 0 Å². The molecule has 4 nitrogen and oxygen atoms in total. The molecule has 0 fully saturated rings. The van der Waals surface area contributed by atoms with E-state index >= 15 is 0 Å². The fraction of sp³-hybridized carbons (Fsp3) is 0. The summed E-state index contributed by atoms with van der Waals surface area (Å²) < 4.78 is 13.0. The van der Waals surface area contributed by atoms with Crippen LogP contribution >= 0.6 is 17.3 Å². The van der Waals surface area contributed by atoms with E-state index in [4.69, 9.17) is 9.79 Å². The van der Waals surface area contributed by atoms with E-state index in [9.17, 15) is 4.57 Å². The molecular formula is H5FeLiO4P2. The van der Waals surface area contributed by atoms with Gasteiger partial charge < -0.3 is 11.2 Å². The normalized spacial score (nSPS) is 8.88. The monoisotopic (exact) mass is 194 g/mol. The van der Waals surface area contributed by atoms with Crippen molar-refractivity contribution < 1.29 is 56.0 Å². The van der Waals surface area contributed by atoms with Crippen LogP contribution in [0.15, 0.2) is 0 Å². The standard InChI is InChI=1S/Fe.Li.H4O4P2.H/c;;1-6(2,3)4-5;/h;;5H2,(H2,1,2,3);/q;+1;;-1. The van der Waals surface area contributed by atoms with Crippen LogP contribution in [0.4, 0.5) is 0 Å². The molecule has 0 aromatic rings. The second-order valence-electron chi connectivity index (χ2n) is 0.596. The van der Waals surface area contributed by atoms with Crippen molar-refractivity contribution >= 4 is 17.3 Å². The van der Waals surface area contributed by atoms with E-state index in [0.29, 0.717) is 0 Å². The van der Waals surface area contributed by atoms with Crippen LogP contribution in [0.2, 0.25) is 0 Å². The topological polar surface area (TPSA) is 66.8 Å². The second-order valence-corrected chi connectivity index (χ2v) is 2.42. The average molecular weight is 194 g/mol. The van der Waals surface area contributed by atoms with E-state index in [2.05, 4.69) is 4.31 Å². The fourth-order valence-corrected chi connectivity index (χ4v) is 0. The third-order valence-corrected chi connectivity index (χ3v) is 1.24. The molecular weight excluding hydrogens is 189 g/mol. The van der Waals surface area contributed by atoms with Crippen molar-refractivity contribution in [1.29, 1.82) is 0 Å². The van der Waals surface area contributed by atoms with Gasteiger partial charge in [0.1, 0.15) is 0 Å². The Kier molecular flexibility index (Phi) is 13.8. The molecule has 0 bridgehead atoms. The summed E-state index contributed by atoms with van der Waals surface area (Å²) in [7, 11) is -2.72. The summed E-state index contributed by atoms with van der Waals surface area (Å²) >= 11 is 0. The van der Waals surface area contributed by atoms with Crippen LogP contribution in [0, 0.1) is 0 Å². The third kappa shape index (κ3) is 15.6. The van der Waals surface area contributed by atoms with Crippen LogP contribution in [0.25, 0.3) is 0 Å². The predicted octanol–water partition coefficient (Wildman–Crippen LogP) is -3.00. The van der Waals surface area contributed by atoms with E-state index in [-0.39, 0.29) is 37.4 Å². The predicted molar refractivity (Wildman–Crippen MR) is 24.0 cm³/mol. The van der Waals surface area contributed by atoms with E-state index in [0.717, 1.165) is 0 Å². The largest absolute Gasteiger partial charge is 1.00 e. The molecule has 1 unspecified atom stereocenters. The number of phosphoric acid groups is 1. The Bertz CT molecular complexity index is 82.6. The Labute approximate surface area is 73.4 Å². The van der Waals surface area contributed by atoms with Gasteiger partial charge >= 0.3 is 26.7 Å². The zero-order valence-corrected chi connectivity index (χ0v) is 7.24. The molecule has 48 valence electrons. The Hall–Kier alpha value is 1.66. The number of hydrogen-bond acceptors (Lipinski definition) is 2. The van der Waals surface area contributed by atoms with E-state index in [1.807, 2.05) is 0 Å². The molecule has 0 aliphatic carbocycles. The van der Waals surface area contributed by atoms with Crippen molar-refractivity contribution in [1.82, 2.24) is 0 Å². The number of rotatable bonds is 1.